The van der Waals surface area contributed by atoms with Crippen molar-refractivity contribution in [1.29, 1.82) is 0 Å². The van der Waals surface area contributed by atoms with Crippen molar-refractivity contribution in [2.24, 2.45) is 11.3 Å². The van der Waals surface area contributed by atoms with E-state index < -0.39 is 11.4 Å². The maximum absolute atomic E-state index is 12.8. The van der Waals surface area contributed by atoms with E-state index in [1.807, 2.05) is 0 Å². The van der Waals surface area contributed by atoms with Crippen LogP contribution in [0.4, 0.5) is 4.39 Å². The fourth-order valence-electron chi connectivity index (χ4n) is 2.08. The van der Waals surface area contributed by atoms with Gasteiger partial charge in [0.25, 0.3) is 0 Å². The number of hydrogen-bond acceptors (Lipinski definition) is 2. The van der Waals surface area contributed by atoms with Crippen molar-refractivity contribution < 1.29 is 19.1 Å². The van der Waals surface area contributed by atoms with Crippen LogP contribution in [0.2, 0.25) is 0 Å². The fourth-order valence-corrected chi connectivity index (χ4v) is 2.08. The summed E-state index contributed by atoms with van der Waals surface area (Å²) in [6.45, 7) is 3.24. The zero-order valence-electron chi connectivity index (χ0n) is 11.5. The van der Waals surface area contributed by atoms with Gasteiger partial charge in [0.15, 0.2) is 0 Å². The molecule has 0 saturated heterocycles. The van der Waals surface area contributed by atoms with E-state index in [-0.39, 0.29) is 30.1 Å². The Bertz CT molecular complexity index is 524. The molecule has 2 rings (SSSR count). The first kappa shape index (κ1) is 14.5. The second kappa shape index (κ2) is 5.23. The second-order valence-corrected chi connectivity index (χ2v) is 5.91. The number of hydrogen-bond donors (Lipinski definition) is 2. The van der Waals surface area contributed by atoms with Gasteiger partial charge in [0.1, 0.15) is 5.82 Å². The van der Waals surface area contributed by atoms with Crippen molar-refractivity contribution >= 4 is 11.9 Å². The molecule has 2 N–H and O–H groups in total. The Morgan fingerprint density at radius 3 is 2.50 bits per heavy atom. The molecule has 4 nitrogen and oxygen atoms in total. The maximum Gasteiger partial charge on any atom is 0.310 e. The molecule has 5 heteroatoms. The number of aliphatic carboxylic acids is 1. The number of carboxylic acids is 1. The van der Waals surface area contributed by atoms with Crippen LogP contribution in [0.1, 0.15) is 31.7 Å². The number of rotatable bonds is 5. The quantitative estimate of drug-likeness (QED) is 0.868. The summed E-state index contributed by atoms with van der Waals surface area (Å²) in [5.74, 6) is -1.38. The minimum absolute atomic E-state index is 0.105. The summed E-state index contributed by atoms with van der Waals surface area (Å²) < 4.78 is 12.8. The lowest BCUT2D eigenvalue weighted by atomic mass is 9.94. The van der Waals surface area contributed by atoms with Crippen LogP contribution in [-0.2, 0) is 9.59 Å². The monoisotopic (exact) mass is 279 g/mol. The third kappa shape index (κ3) is 3.15. The van der Waals surface area contributed by atoms with Gasteiger partial charge in [0.05, 0.1) is 5.41 Å². The maximum atomic E-state index is 12.8. The highest BCUT2D eigenvalue weighted by molar-refractivity contribution is 5.83. The standard InChI is InChI=1S/C15H18FNO3/c1-15(2,14(19)20)8-17-13(18)12-7-11(12)9-3-5-10(16)6-4-9/h3-6,11-12H,7-8H2,1-2H3,(H,17,18)(H,19,20). The molecular formula is C15H18FNO3. The molecule has 1 fully saturated rings. The van der Waals surface area contributed by atoms with Crippen LogP contribution < -0.4 is 5.32 Å². The van der Waals surface area contributed by atoms with Crippen molar-refractivity contribution in [3.05, 3.63) is 35.6 Å². The average Bonchev–Trinajstić information content (AvgIpc) is 3.17. The molecule has 2 atom stereocenters. The Balaban J connectivity index is 1.87. The zero-order valence-corrected chi connectivity index (χ0v) is 11.5. The number of amides is 1. The minimum atomic E-state index is -0.976. The number of halogens is 1. The number of carbonyl (C=O) groups excluding carboxylic acids is 1. The molecule has 108 valence electrons. The van der Waals surface area contributed by atoms with Crippen LogP contribution in [0.3, 0.4) is 0 Å². The fraction of sp³-hybridized carbons (Fsp3) is 0.467. The summed E-state index contributed by atoms with van der Waals surface area (Å²) in [5, 5.41) is 11.7. The van der Waals surface area contributed by atoms with E-state index in [4.69, 9.17) is 5.11 Å². The van der Waals surface area contributed by atoms with E-state index in [2.05, 4.69) is 5.32 Å². The lowest BCUT2D eigenvalue weighted by Crippen LogP contribution is -2.39. The van der Waals surface area contributed by atoms with Crippen molar-refractivity contribution in [2.45, 2.75) is 26.2 Å². The molecule has 1 aromatic carbocycles. The smallest absolute Gasteiger partial charge is 0.310 e. The van der Waals surface area contributed by atoms with Gasteiger partial charge in [-0.15, -0.1) is 0 Å². The summed E-state index contributed by atoms with van der Waals surface area (Å²) in [5.41, 5.74) is -0.0281. The van der Waals surface area contributed by atoms with Crippen LogP contribution >= 0.6 is 0 Å². The summed E-state index contributed by atoms with van der Waals surface area (Å²) in [4.78, 5) is 22.9. The Morgan fingerprint density at radius 2 is 1.95 bits per heavy atom. The minimum Gasteiger partial charge on any atom is -0.481 e. The molecule has 1 amide bonds. The zero-order chi connectivity index (χ0) is 14.9. The molecule has 0 heterocycles. The Hall–Kier alpha value is -1.91. The van der Waals surface area contributed by atoms with Gasteiger partial charge in [-0.05, 0) is 43.9 Å². The summed E-state index contributed by atoms with van der Waals surface area (Å²) in [6, 6.07) is 6.15. The molecule has 0 aromatic heterocycles. The number of carboxylic acid groups (broad SMARTS) is 1. The first-order valence-corrected chi connectivity index (χ1v) is 6.58. The van der Waals surface area contributed by atoms with Gasteiger partial charge in [-0.2, -0.15) is 0 Å². The van der Waals surface area contributed by atoms with Crippen molar-refractivity contribution in [3.63, 3.8) is 0 Å². The van der Waals surface area contributed by atoms with Crippen molar-refractivity contribution in [3.8, 4) is 0 Å². The first-order valence-electron chi connectivity index (χ1n) is 6.58. The molecule has 20 heavy (non-hydrogen) atoms. The Labute approximate surface area is 117 Å². The average molecular weight is 279 g/mol. The van der Waals surface area contributed by atoms with E-state index >= 15 is 0 Å². The third-order valence-electron chi connectivity index (χ3n) is 3.71. The molecular weight excluding hydrogens is 261 g/mol. The third-order valence-corrected chi connectivity index (χ3v) is 3.71. The van der Waals surface area contributed by atoms with Gasteiger partial charge in [-0.25, -0.2) is 4.39 Å². The van der Waals surface area contributed by atoms with Gasteiger partial charge in [0, 0.05) is 12.5 Å². The molecule has 0 bridgehead atoms. The Kier molecular flexibility index (Phi) is 3.79. The molecule has 0 radical (unpaired) electrons. The van der Waals surface area contributed by atoms with E-state index in [1.54, 1.807) is 26.0 Å². The second-order valence-electron chi connectivity index (χ2n) is 5.91. The van der Waals surface area contributed by atoms with Gasteiger partial charge >= 0.3 is 5.97 Å². The van der Waals surface area contributed by atoms with E-state index in [0.29, 0.717) is 0 Å². The van der Waals surface area contributed by atoms with Crippen LogP contribution in [0.15, 0.2) is 24.3 Å². The SMILES string of the molecule is CC(C)(CNC(=O)C1CC1c1ccc(F)cc1)C(=O)O. The van der Waals surface area contributed by atoms with Crippen LogP contribution in [0.5, 0.6) is 0 Å². The predicted octanol–water partition coefficient (Wildman–Crippen LogP) is 2.16. The summed E-state index contributed by atoms with van der Waals surface area (Å²) in [7, 11) is 0. The predicted molar refractivity (Wildman–Crippen MR) is 71.7 cm³/mol. The lowest BCUT2D eigenvalue weighted by Gasteiger charge is -2.19. The molecule has 1 aliphatic carbocycles. The van der Waals surface area contributed by atoms with E-state index in [1.165, 1.54) is 12.1 Å². The molecule has 0 spiro atoms. The highest BCUT2D eigenvalue weighted by atomic mass is 19.1. The highest BCUT2D eigenvalue weighted by Gasteiger charge is 2.44. The largest absolute Gasteiger partial charge is 0.481 e. The molecule has 2 unspecified atom stereocenters. The molecule has 1 saturated carbocycles. The van der Waals surface area contributed by atoms with Gasteiger partial charge in [-0.1, -0.05) is 12.1 Å². The normalized spacial score (nSPS) is 21.4. The Morgan fingerprint density at radius 1 is 1.35 bits per heavy atom. The molecule has 1 aromatic rings. The number of nitrogens with one attached hydrogen (secondary N) is 1. The lowest BCUT2D eigenvalue weighted by molar-refractivity contribution is -0.146. The van der Waals surface area contributed by atoms with Gasteiger partial charge < -0.3 is 10.4 Å². The number of carbonyl (C=O) groups is 2. The van der Waals surface area contributed by atoms with Crippen LogP contribution in [-0.4, -0.2) is 23.5 Å². The first-order chi connectivity index (χ1) is 9.31. The topological polar surface area (TPSA) is 66.4 Å². The van der Waals surface area contributed by atoms with Crippen molar-refractivity contribution in [1.82, 2.24) is 5.32 Å². The van der Waals surface area contributed by atoms with Gasteiger partial charge in [-0.3, -0.25) is 9.59 Å². The molecule has 0 aliphatic heterocycles. The number of benzene rings is 1. The summed E-state index contributed by atoms with van der Waals surface area (Å²) in [6.07, 6.45) is 0.727. The van der Waals surface area contributed by atoms with Crippen LogP contribution in [0.25, 0.3) is 0 Å². The van der Waals surface area contributed by atoms with Gasteiger partial charge in [0.2, 0.25) is 5.91 Å². The highest BCUT2D eigenvalue weighted by Crippen LogP contribution is 2.47. The molecule has 1 aliphatic rings. The van der Waals surface area contributed by atoms with Crippen molar-refractivity contribution in [2.75, 3.05) is 6.54 Å². The van der Waals surface area contributed by atoms with Crippen LogP contribution in [0, 0.1) is 17.2 Å². The van der Waals surface area contributed by atoms with E-state index in [9.17, 15) is 14.0 Å². The summed E-state index contributed by atoms with van der Waals surface area (Å²) >= 11 is 0. The van der Waals surface area contributed by atoms with E-state index in [0.717, 1.165) is 12.0 Å².